The number of nitro groups is 1. The first kappa shape index (κ1) is 19.4. The number of nitrogens with one attached hydrogen (secondary N) is 1. The molecule has 0 aliphatic carbocycles. The van der Waals surface area contributed by atoms with E-state index in [1.807, 2.05) is 0 Å². The molecule has 3 aromatic carbocycles. The molecule has 0 spiro atoms. The molecule has 6 nitrogen and oxygen atoms in total. The topological polar surface area (TPSA) is 81.5 Å². The first-order valence-electron chi connectivity index (χ1n) is 8.14. The summed E-state index contributed by atoms with van der Waals surface area (Å²) in [7, 11) is 1.49. The zero-order valence-corrected chi connectivity index (χ0v) is 15.5. The number of non-ortho nitro benzene ring substituents is 1. The van der Waals surface area contributed by atoms with Gasteiger partial charge in [0.05, 0.1) is 23.3 Å². The predicted molar refractivity (Wildman–Crippen MR) is 105 cm³/mol. The molecule has 28 heavy (non-hydrogen) atoms. The largest absolute Gasteiger partial charge is 0.495 e. The zero-order valence-electron chi connectivity index (χ0n) is 14.7. The Labute approximate surface area is 164 Å². The lowest BCUT2D eigenvalue weighted by molar-refractivity contribution is -0.384. The second kappa shape index (κ2) is 8.53. The van der Waals surface area contributed by atoms with E-state index in [1.54, 1.807) is 36.4 Å². The van der Waals surface area contributed by atoms with Crippen molar-refractivity contribution in [1.29, 1.82) is 0 Å². The highest BCUT2D eigenvalue weighted by molar-refractivity contribution is 7.99. The standard InChI is InChI=1S/C20H15FN2O4S/c1-27-18-5-3-2-4-17(18)22-20(24)16-12-13(21)6-11-19(16)28-15-9-7-14(8-10-15)23(25)26/h2-12H,1H3,(H,22,24). The first-order chi connectivity index (χ1) is 13.5. The number of rotatable bonds is 6. The lowest BCUT2D eigenvalue weighted by Gasteiger charge is -2.12. The Balaban J connectivity index is 1.87. The Morgan fingerprint density at radius 2 is 1.82 bits per heavy atom. The predicted octanol–water partition coefficient (Wildman–Crippen LogP) is 5.15. The van der Waals surface area contributed by atoms with Crippen molar-refractivity contribution in [2.24, 2.45) is 0 Å². The molecule has 0 unspecified atom stereocenters. The van der Waals surface area contributed by atoms with E-state index < -0.39 is 16.6 Å². The van der Waals surface area contributed by atoms with Crippen LogP contribution in [0.3, 0.4) is 0 Å². The van der Waals surface area contributed by atoms with E-state index in [2.05, 4.69) is 5.32 Å². The molecule has 0 saturated carbocycles. The maximum atomic E-state index is 13.8. The number of ether oxygens (including phenoxy) is 1. The number of benzene rings is 3. The number of carbonyl (C=O) groups excluding carboxylic acids is 1. The van der Waals surface area contributed by atoms with Gasteiger partial charge in [0.25, 0.3) is 11.6 Å². The van der Waals surface area contributed by atoms with Crippen molar-refractivity contribution in [3.63, 3.8) is 0 Å². The van der Waals surface area contributed by atoms with Crippen molar-refractivity contribution in [2.45, 2.75) is 9.79 Å². The third-order valence-corrected chi connectivity index (χ3v) is 4.90. The number of halogens is 1. The number of nitro benzene ring substituents is 1. The van der Waals surface area contributed by atoms with Gasteiger partial charge in [0.15, 0.2) is 0 Å². The van der Waals surface area contributed by atoms with Crippen LogP contribution >= 0.6 is 11.8 Å². The van der Waals surface area contributed by atoms with Crippen LogP contribution in [0.5, 0.6) is 5.75 Å². The Hall–Kier alpha value is -3.39. The van der Waals surface area contributed by atoms with Crippen LogP contribution in [0, 0.1) is 15.9 Å². The van der Waals surface area contributed by atoms with Crippen LogP contribution in [0.4, 0.5) is 15.8 Å². The molecule has 0 heterocycles. The van der Waals surface area contributed by atoms with Crippen molar-refractivity contribution in [2.75, 3.05) is 12.4 Å². The molecule has 0 aliphatic rings. The lowest BCUT2D eigenvalue weighted by Crippen LogP contribution is -2.14. The van der Waals surface area contributed by atoms with Crippen molar-refractivity contribution in [3.8, 4) is 5.75 Å². The summed E-state index contributed by atoms with van der Waals surface area (Å²) >= 11 is 1.21. The van der Waals surface area contributed by atoms with Crippen LogP contribution in [0.25, 0.3) is 0 Å². The van der Waals surface area contributed by atoms with Crippen molar-refractivity contribution < 1.29 is 18.8 Å². The fourth-order valence-corrected chi connectivity index (χ4v) is 3.39. The number of hydrogen-bond acceptors (Lipinski definition) is 5. The Kier molecular flexibility index (Phi) is 5.90. The molecule has 142 valence electrons. The number of carbonyl (C=O) groups is 1. The highest BCUT2D eigenvalue weighted by atomic mass is 32.2. The van der Waals surface area contributed by atoms with Crippen LogP contribution in [0.2, 0.25) is 0 Å². The van der Waals surface area contributed by atoms with E-state index >= 15 is 0 Å². The van der Waals surface area contributed by atoms with Gasteiger partial charge in [-0.3, -0.25) is 14.9 Å². The fraction of sp³-hybridized carbons (Fsp3) is 0.0500. The maximum Gasteiger partial charge on any atom is 0.269 e. The van der Waals surface area contributed by atoms with Crippen LogP contribution in [0.15, 0.2) is 76.5 Å². The van der Waals surface area contributed by atoms with Gasteiger partial charge in [-0.25, -0.2) is 4.39 Å². The van der Waals surface area contributed by atoms with Crippen LogP contribution in [0.1, 0.15) is 10.4 Å². The van der Waals surface area contributed by atoms with E-state index in [-0.39, 0.29) is 11.3 Å². The monoisotopic (exact) mass is 398 g/mol. The Bertz CT molecular complexity index is 1020. The third-order valence-electron chi connectivity index (χ3n) is 3.82. The minimum atomic E-state index is -0.543. The molecule has 0 aliphatic heterocycles. The van der Waals surface area contributed by atoms with E-state index in [4.69, 9.17) is 4.74 Å². The third kappa shape index (κ3) is 4.47. The highest BCUT2D eigenvalue weighted by Crippen LogP contribution is 2.33. The normalized spacial score (nSPS) is 10.4. The summed E-state index contributed by atoms with van der Waals surface area (Å²) in [5.74, 6) is -0.552. The van der Waals surface area contributed by atoms with E-state index in [1.165, 1.54) is 43.1 Å². The average Bonchev–Trinajstić information content (AvgIpc) is 2.70. The molecule has 3 aromatic rings. The summed E-state index contributed by atoms with van der Waals surface area (Å²) in [4.78, 5) is 24.2. The van der Waals surface area contributed by atoms with Crippen LogP contribution in [-0.2, 0) is 0 Å². The molecular formula is C20H15FN2O4S. The number of methoxy groups -OCH3 is 1. The maximum absolute atomic E-state index is 13.8. The van der Waals surface area contributed by atoms with Crippen LogP contribution in [-0.4, -0.2) is 17.9 Å². The summed E-state index contributed by atoms with van der Waals surface area (Å²) in [6.45, 7) is 0. The van der Waals surface area contributed by atoms with Crippen LogP contribution < -0.4 is 10.1 Å². The second-order valence-corrected chi connectivity index (χ2v) is 6.76. The van der Waals surface area contributed by atoms with Crippen molar-refractivity contribution in [3.05, 3.63) is 88.2 Å². The summed E-state index contributed by atoms with van der Waals surface area (Å²) in [6, 6.07) is 16.7. The van der Waals surface area contributed by atoms with Gasteiger partial charge in [-0.1, -0.05) is 23.9 Å². The van der Waals surface area contributed by atoms with Gasteiger partial charge in [0.2, 0.25) is 0 Å². The number of amides is 1. The molecule has 3 rings (SSSR count). The Morgan fingerprint density at radius 1 is 1.11 bits per heavy atom. The zero-order chi connectivity index (χ0) is 20.1. The summed E-state index contributed by atoms with van der Waals surface area (Å²) in [6.07, 6.45) is 0. The molecule has 0 atom stereocenters. The molecule has 1 N–H and O–H groups in total. The molecule has 0 bridgehead atoms. The van der Waals surface area contributed by atoms with Gasteiger partial charge in [0.1, 0.15) is 11.6 Å². The van der Waals surface area contributed by atoms with Crippen molar-refractivity contribution in [1.82, 2.24) is 0 Å². The molecule has 0 aromatic heterocycles. The van der Waals surface area contributed by atoms with Crippen molar-refractivity contribution >= 4 is 29.0 Å². The highest BCUT2D eigenvalue weighted by Gasteiger charge is 2.16. The number of anilines is 1. The van der Waals surface area contributed by atoms with Gasteiger partial charge in [0, 0.05) is 21.9 Å². The lowest BCUT2D eigenvalue weighted by atomic mass is 10.2. The fourth-order valence-electron chi connectivity index (χ4n) is 2.47. The van der Waals surface area contributed by atoms with Gasteiger partial charge in [-0.2, -0.15) is 0 Å². The van der Waals surface area contributed by atoms with Gasteiger partial charge in [-0.15, -0.1) is 0 Å². The minimum Gasteiger partial charge on any atom is -0.495 e. The molecule has 1 amide bonds. The van der Waals surface area contributed by atoms with E-state index in [9.17, 15) is 19.3 Å². The SMILES string of the molecule is COc1ccccc1NC(=O)c1cc(F)ccc1Sc1ccc([N+](=O)[O-])cc1. The van der Waals surface area contributed by atoms with Gasteiger partial charge >= 0.3 is 0 Å². The van der Waals surface area contributed by atoms with Gasteiger partial charge < -0.3 is 10.1 Å². The molecule has 0 radical (unpaired) electrons. The number of nitrogens with zero attached hydrogens (tertiary/aromatic N) is 1. The van der Waals surface area contributed by atoms with E-state index in [0.717, 1.165) is 6.07 Å². The second-order valence-electron chi connectivity index (χ2n) is 5.65. The number of para-hydroxylation sites is 2. The number of hydrogen-bond donors (Lipinski definition) is 1. The summed E-state index contributed by atoms with van der Waals surface area (Å²) < 4.78 is 19.0. The summed E-state index contributed by atoms with van der Waals surface area (Å²) in [5, 5.41) is 13.5. The molecular weight excluding hydrogens is 383 g/mol. The average molecular weight is 398 g/mol. The van der Waals surface area contributed by atoms with E-state index in [0.29, 0.717) is 21.2 Å². The Morgan fingerprint density at radius 3 is 2.50 bits per heavy atom. The molecule has 0 saturated heterocycles. The molecule has 8 heteroatoms. The minimum absolute atomic E-state index is 0.0300. The van der Waals surface area contributed by atoms with Gasteiger partial charge in [-0.05, 0) is 42.5 Å². The first-order valence-corrected chi connectivity index (χ1v) is 8.96. The molecule has 0 fully saturated rings. The smallest absolute Gasteiger partial charge is 0.269 e. The quantitative estimate of drug-likeness (QED) is 0.459. The summed E-state index contributed by atoms with van der Waals surface area (Å²) in [5.41, 5.74) is 0.581.